The van der Waals surface area contributed by atoms with Crippen LogP contribution in [-0.2, 0) is 6.54 Å². The Bertz CT molecular complexity index is 962. The summed E-state index contributed by atoms with van der Waals surface area (Å²) in [6.07, 6.45) is 9.26. The number of nitrogens with zero attached hydrogens (tertiary/aromatic N) is 4. The van der Waals surface area contributed by atoms with Gasteiger partial charge in [-0.15, -0.1) is 43.6 Å². The molecule has 0 radical (unpaired) electrons. The lowest BCUT2D eigenvalue weighted by atomic mass is 10.0. The van der Waals surface area contributed by atoms with Crippen LogP contribution in [0, 0.1) is 12.3 Å². The third-order valence-electron chi connectivity index (χ3n) is 4.68. The molecule has 1 aliphatic heterocycles. The molecule has 0 unspecified atom stereocenters. The van der Waals surface area contributed by atoms with Crippen molar-refractivity contribution in [1.82, 2.24) is 20.1 Å². The molecule has 4 rings (SSSR count). The van der Waals surface area contributed by atoms with Gasteiger partial charge in [0, 0.05) is 49.2 Å². The summed E-state index contributed by atoms with van der Waals surface area (Å²) < 4.78 is 1.91. The number of anilines is 1. The summed E-state index contributed by atoms with van der Waals surface area (Å²) in [5.41, 5.74) is 4.20. The molecule has 0 saturated carbocycles. The van der Waals surface area contributed by atoms with Crippen molar-refractivity contribution in [2.45, 2.75) is 6.54 Å². The van der Waals surface area contributed by atoms with Gasteiger partial charge in [-0.25, -0.2) is 0 Å². The summed E-state index contributed by atoms with van der Waals surface area (Å²) in [4.78, 5) is 6.49. The second-order valence-corrected chi connectivity index (χ2v) is 6.83. The van der Waals surface area contributed by atoms with Gasteiger partial charge in [0.15, 0.2) is 5.82 Å². The number of hydrogen-bond acceptors (Lipinski definition) is 4. The maximum absolute atomic E-state index is 6.11. The van der Waals surface area contributed by atoms with Gasteiger partial charge in [-0.2, -0.15) is 5.10 Å². The SMILES string of the molecule is C#CCn1nc(N2CCNCC2)c(-c2ccncc2)c1-c1ccc(Cl)cc1.Cl.Cl.Cl. The van der Waals surface area contributed by atoms with Crippen LogP contribution in [0.25, 0.3) is 22.4 Å². The average Bonchev–Trinajstić information content (AvgIpc) is 3.09. The van der Waals surface area contributed by atoms with Crippen molar-refractivity contribution in [2.75, 3.05) is 31.1 Å². The summed E-state index contributed by atoms with van der Waals surface area (Å²) >= 11 is 6.11. The van der Waals surface area contributed by atoms with Crippen LogP contribution in [0.3, 0.4) is 0 Å². The van der Waals surface area contributed by atoms with Crippen molar-refractivity contribution >= 4 is 54.6 Å². The van der Waals surface area contributed by atoms with Crippen LogP contribution in [-0.4, -0.2) is 40.9 Å². The highest BCUT2D eigenvalue weighted by atomic mass is 35.5. The zero-order valence-electron chi connectivity index (χ0n) is 16.1. The first-order chi connectivity index (χ1) is 13.3. The fourth-order valence-electron chi connectivity index (χ4n) is 3.43. The number of piperazine rings is 1. The number of nitrogens with one attached hydrogen (secondary N) is 1. The fourth-order valence-corrected chi connectivity index (χ4v) is 3.56. The van der Waals surface area contributed by atoms with Crippen LogP contribution in [0.2, 0.25) is 5.02 Å². The third kappa shape index (κ3) is 5.40. The van der Waals surface area contributed by atoms with Gasteiger partial charge in [-0.1, -0.05) is 29.7 Å². The predicted molar refractivity (Wildman–Crippen MR) is 132 cm³/mol. The third-order valence-corrected chi connectivity index (χ3v) is 4.93. The molecule has 1 fully saturated rings. The van der Waals surface area contributed by atoms with Crippen molar-refractivity contribution in [3.63, 3.8) is 0 Å². The first-order valence-corrected chi connectivity index (χ1v) is 9.32. The molecule has 1 saturated heterocycles. The van der Waals surface area contributed by atoms with Gasteiger partial charge >= 0.3 is 0 Å². The van der Waals surface area contributed by atoms with Gasteiger partial charge in [0.25, 0.3) is 0 Å². The molecule has 0 spiro atoms. The highest BCUT2D eigenvalue weighted by Crippen LogP contribution is 2.39. The Morgan fingerprint density at radius 1 is 0.967 bits per heavy atom. The topological polar surface area (TPSA) is 46.0 Å². The molecule has 3 aromatic rings. The molecule has 0 atom stereocenters. The Morgan fingerprint density at radius 3 is 2.20 bits per heavy atom. The lowest BCUT2D eigenvalue weighted by Gasteiger charge is -2.28. The van der Waals surface area contributed by atoms with Crippen molar-refractivity contribution < 1.29 is 0 Å². The van der Waals surface area contributed by atoms with E-state index in [0.29, 0.717) is 11.6 Å². The molecule has 2 aromatic heterocycles. The maximum Gasteiger partial charge on any atom is 0.159 e. The second kappa shape index (κ2) is 12.0. The van der Waals surface area contributed by atoms with E-state index >= 15 is 0 Å². The van der Waals surface area contributed by atoms with E-state index in [2.05, 4.69) is 21.1 Å². The Kier molecular flexibility index (Phi) is 10.5. The van der Waals surface area contributed by atoms with Crippen LogP contribution in [0.1, 0.15) is 0 Å². The lowest BCUT2D eigenvalue weighted by Crippen LogP contribution is -2.44. The summed E-state index contributed by atoms with van der Waals surface area (Å²) in [5, 5.41) is 9.02. The number of hydrogen-bond donors (Lipinski definition) is 1. The molecule has 160 valence electrons. The molecule has 5 nitrogen and oxygen atoms in total. The summed E-state index contributed by atoms with van der Waals surface area (Å²) in [6, 6.07) is 11.8. The van der Waals surface area contributed by atoms with Crippen molar-refractivity contribution in [3.8, 4) is 34.7 Å². The molecule has 1 aliphatic rings. The van der Waals surface area contributed by atoms with Crippen molar-refractivity contribution in [3.05, 3.63) is 53.8 Å². The highest BCUT2D eigenvalue weighted by Gasteiger charge is 2.25. The number of halogens is 4. The number of terminal acetylenes is 1. The van der Waals surface area contributed by atoms with E-state index < -0.39 is 0 Å². The van der Waals surface area contributed by atoms with Gasteiger partial charge in [0.1, 0.15) is 6.54 Å². The molecule has 0 amide bonds. The summed E-state index contributed by atoms with van der Waals surface area (Å²) in [6.45, 7) is 4.10. The molecule has 3 heterocycles. The van der Waals surface area contributed by atoms with E-state index in [1.54, 1.807) is 12.4 Å². The molecule has 0 aliphatic carbocycles. The molecule has 9 heteroatoms. The normalized spacial score (nSPS) is 12.7. The van der Waals surface area contributed by atoms with Crippen molar-refractivity contribution in [1.29, 1.82) is 0 Å². The zero-order chi connectivity index (χ0) is 18.6. The van der Waals surface area contributed by atoms with Crippen LogP contribution < -0.4 is 10.2 Å². The Hall–Kier alpha value is -1.94. The largest absolute Gasteiger partial charge is 0.352 e. The van der Waals surface area contributed by atoms with Crippen LogP contribution in [0.15, 0.2) is 48.8 Å². The first kappa shape index (κ1) is 26.1. The minimum Gasteiger partial charge on any atom is -0.352 e. The average molecular weight is 487 g/mol. The van der Waals surface area contributed by atoms with E-state index in [-0.39, 0.29) is 37.2 Å². The van der Waals surface area contributed by atoms with Gasteiger partial charge in [-0.05, 0) is 29.8 Å². The maximum atomic E-state index is 6.11. The van der Waals surface area contributed by atoms with E-state index in [1.807, 2.05) is 41.1 Å². The zero-order valence-corrected chi connectivity index (χ0v) is 19.3. The van der Waals surface area contributed by atoms with Crippen molar-refractivity contribution in [2.24, 2.45) is 0 Å². The molecule has 1 aromatic carbocycles. The monoisotopic (exact) mass is 485 g/mol. The second-order valence-electron chi connectivity index (χ2n) is 6.39. The van der Waals surface area contributed by atoms with E-state index in [1.165, 1.54) is 0 Å². The minimum atomic E-state index is 0. The number of pyridine rings is 1. The molecule has 30 heavy (non-hydrogen) atoms. The predicted octanol–water partition coefficient (Wildman–Crippen LogP) is 4.57. The summed E-state index contributed by atoms with van der Waals surface area (Å²) in [7, 11) is 0. The highest BCUT2D eigenvalue weighted by molar-refractivity contribution is 6.30. The molecule has 1 N–H and O–H groups in total. The fraction of sp³-hybridized carbons (Fsp3) is 0.238. The van der Waals surface area contributed by atoms with E-state index in [0.717, 1.165) is 54.4 Å². The van der Waals surface area contributed by atoms with Crippen LogP contribution >= 0.6 is 48.8 Å². The Labute approximate surface area is 200 Å². The number of rotatable bonds is 4. The number of aromatic nitrogens is 3. The Balaban J connectivity index is 0.00000150. The number of benzene rings is 1. The standard InChI is InChI=1S/C21H20ClN5.3ClH/c1-2-13-27-20(17-3-5-18(22)6-4-17)19(16-7-9-23-10-8-16)21(25-27)26-14-11-24-12-15-26;;;/h1,3-10,24H,11-15H2;3*1H. The molecular weight excluding hydrogens is 464 g/mol. The van der Waals surface area contributed by atoms with E-state index in [9.17, 15) is 0 Å². The quantitative estimate of drug-likeness (QED) is 0.548. The lowest BCUT2D eigenvalue weighted by molar-refractivity contribution is 0.580. The smallest absolute Gasteiger partial charge is 0.159 e. The van der Waals surface area contributed by atoms with E-state index in [4.69, 9.17) is 23.1 Å². The van der Waals surface area contributed by atoms with Gasteiger partial charge in [-0.3, -0.25) is 9.67 Å². The van der Waals surface area contributed by atoms with Gasteiger partial charge in [0.05, 0.1) is 11.3 Å². The van der Waals surface area contributed by atoms with Gasteiger partial charge in [0.2, 0.25) is 0 Å². The Morgan fingerprint density at radius 2 is 1.60 bits per heavy atom. The van der Waals surface area contributed by atoms with Crippen LogP contribution in [0.4, 0.5) is 5.82 Å². The molecule has 0 bridgehead atoms. The minimum absolute atomic E-state index is 0. The summed E-state index contributed by atoms with van der Waals surface area (Å²) in [5.74, 6) is 3.69. The van der Waals surface area contributed by atoms with Crippen LogP contribution in [0.5, 0.6) is 0 Å². The molecular formula is C21H23Cl4N5. The van der Waals surface area contributed by atoms with Gasteiger partial charge < -0.3 is 10.2 Å². The first-order valence-electron chi connectivity index (χ1n) is 8.94.